The van der Waals surface area contributed by atoms with Gasteiger partial charge in [-0.3, -0.25) is 9.59 Å². The number of hydrogen-bond donors (Lipinski definition) is 2. The second kappa shape index (κ2) is 8.61. The van der Waals surface area contributed by atoms with E-state index in [1.807, 2.05) is 18.3 Å². The largest absolute Gasteiger partial charge is 0.354 e. The maximum atomic E-state index is 12.4. The molecule has 0 unspecified atom stereocenters. The predicted molar refractivity (Wildman–Crippen MR) is 113 cm³/mol. The number of hydrogen-bond acceptors (Lipinski definition) is 5. The molecular weight excluding hydrogens is 366 g/mol. The molecule has 1 aliphatic carbocycles. The predicted octanol–water partition coefficient (Wildman–Crippen LogP) is 2.11. The molecular formula is C22H27N5O2. The summed E-state index contributed by atoms with van der Waals surface area (Å²) in [7, 11) is 2.13. The smallest absolute Gasteiger partial charge is 0.251 e. The van der Waals surface area contributed by atoms with Gasteiger partial charge in [0.1, 0.15) is 5.82 Å². The Kier molecular flexibility index (Phi) is 5.76. The average molecular weight is 393 g/mol. The molecule has 29 heavy (non-hydrogen) atoms. The Morgan fingerprint density at radius 2 is 1.76 bits per heavy atom. The van der Waals surface area contributed by atoms with Crippen molar-refractivity contribution in [1.82, 2.24) is 15.2 Å². The van der Waals surface area contributed by atoms with Gasteiger partial charge in [0.25, 0.3) is 5.91 Å². The van der Waals surface area contributed by atoms with Gasteiger partial charge in [-0.2, -0.15) is 0 Å². The first-order valence-corrected chi connectivity index (χ1v) is 10.2. The van der Waals surface area contributed by atoms with E-state index in [0.29, 0.717) is 12.1 Å². The van der Waals surface area contributed by atoms with Gasteiger partial charge in [-0.25, -0.2) is 4.98 Å². The minimum atomic E-state index is -0.145. The van der Waals surface area contributed by atoms with Crippen molar-refractivity contribution in [2.75, 3.05) is 43.4 Å². The second-order valence-corrected chi connectivity index (χ2v) is 7.84. The lowest BCUT2D eigenvalue weighted by Gasteiger charge is -2.33. The lowest BCUT2D eigenvalue weighted by atomic mass is 10.2. The van der Waals surface area contributed by atoms with Gasteiger partial charge in [0.15, 0.2) is 0 Å². The fraction of sp³-hybridized carbons (Fsp3) is 0.409. The molecule has 1 aliphatic heterocycles. The summed E-state index contributed by atoms with van der Waals surface area (Å²) in [6.07, 6.45) is 3.76. The topological polar surface area (TPSA) is 77.6 Å². The fourth-order valence-electron chi connectivity index (χ4n) is 3.32. The Labute approximate surface area is 171 Å². The van der Waals surface area contributed by atoms with Crippen LogP contribution in [0.15, 0.2) is 42.6 Å². The van der Waals surface area contributed by atoms with Crippen LogP contribution in [-0.4, -0.2) is 54.9 Å². The van der Waals surface area contributed by atoms with E-state index in [1.165, 1.54) is 0 Å². The third-order valence-electron chi connectivity index (χ3n) is 5.45. The van der Waals surface area contributed by atoms with Gasteiger partial charge in [0.2, 0.25) is 5.91 Å². The van der Waals surface area contributed by atoms with Gasteiger partial charge >= 0.3 is 0 Å². The molecule has 0 radical (unpaired) electrons. The van der Waals surface area contributed by atoms with Crippen LogP contribution in [0.2, 0.25) is 0 Å². The maximum Gasteiger partial charge on any atom is 0.251 e. The highest BCUT2D eigenvalue weighted by atomic mass is 16.2. The molecule has 7 heteroatoms. The molecule has 1 aromatic carbocycles. The van der Waals surface area contributed by atoms with Crippen molar-refractivity contribution in [2.24, 2.45) is 5.92 Å². The lowest BCUT2D eigenvalue weighted by molar-refractivity contribution is -0.117. The van der Waals surface area contributed by atoms with E-state index in [9.17, 15) is 9.59 Å². The van der Waals surface area contributed by atoms with Crippen LogP contribution in [0, 0.1) is 5.92 Å². The summed E-state index contributed by atoms with van der Waals surface area (Å²) in [5.41, 5.74) is 2.25. The quantitative estimate of drug-likeness (QED) is 0.786. The third-order valence-corrected chi connectivity index (χ3v) is 5.45. The highest BCUT2D eigenvalue weighted by molar-refractivity contribution is 5.96. The monoisotopic (exact) mass is 393 g/mol. The number of carbonyl (C=O) groups is 2. The zero-order valence-electron chi connectivity index (χ0n) is 16.7. The SMILES string of the molecule is CN1CCN(c2ccc(CNC(=O)c3ccc(NC(=O)C4CC4)cc3)cn2)CC1. The Bertz CT molecular complexity index is 854. The summed E-state index contributed by atoms with van der Waals surface area (Å²) >= 11 is 0. The number of nitrogens with zero attached hydrogens (tertiary/aromatic N) is 3. The summed E-state index contributed by atoms with van der Waals surface area (Å²) in [5.74, 6) is 1.06. The molecule has 2 aliphatic rings. The zero-order chi connectivity index (χ0) is 20.2. The number of likely N-dealkylation sites (N-methyl/N-ethyl adjacent to an activating group) is 1. The Balaban J connectivity index is 1.27. The second-order valence-electron chi connectivity index (χ2n) is 7.84. The van der Waals surface area contributed by atoms with Crippen LogP contribution in [-0.2, 0) is 11.3 Å². The molecule has 7 nitrogen and oxygen atoms in total. The number of anilines is 2. The fourth-order valence-corrected chi connectivity index (χ4v) is 3.32. The van der Waals surface area contributed by atoms with Crippen molar-refractivity contribution in [1.29, 1.82) is 0 Å². The normalized spacial score (nSPS) is 17.1. The lowest BCUT2D eigenvalue weighted by Crippen LogP contribution is -2.44. The van der Waals surface area contributed by atoms with Crippen molar-refractivity contribution in [3.05, 3.63) is 53.7 Å². The van der Waals surface area contributed by atoms with E-state index in [1.54, 1.807) is 24.3 Å². The first kappa shape index (κ1) is 19.4. The van der Waals surface area contributed by atoms with E-state index in [0.717, 1.165) is 56.1 Å². The van der Waals surface area contributed by atoms with Gasteiger partial charge in [-0.05, 0) is 55.8 Å². The Morgan fingerprint density at radius 1 is 1.03 bits per heavy atom. The van der Waals surface area contributed by atoms with Gasteiger partial charge < -0.3 is 20.4 Å². The summed E-state index contributed by atoms with van der Waals surface area (Å²) in [5, 5.41) is 5.80. The molecule has 2 N–H and O–H groups in total. The summed E-state index contributed by atoms with van der Waals surface area (Å²) in [6.45, 7) is 4.48. The molecule has 1 saturated heterocycles. The van der Waals surface area contributed by atoms with Crippen molar-refractivity contribution in [3.8, 4) is 0 Å². The molecule has 4 rings (SSSR count). The molecule has 2 aromatic rings. The minimum absolute atomic E-state index is 0.0646. The third kappa shape index (κ3) is 5.12. The molecule has 1 aromatic heterocycles. The van der Waals surface area contributed by atoms with E-state index < -0.39 is 0 Å². The van der Waals surface area contributed by atoms with E-state index in [2.05, 4.69) is 32.5 Å². The highest BCUT2D eigenvalue weighted by Crippen LogP contribution is 2.30. The van der Waals surface area contributed by atoms with Gasteiger partial charge in [0, 0.05) is 56.1 Å². The summed E-state index contributed by atoms with van der Waals surface area (Å²) < 4.78 is 0. The molecule has 2 heterocycles. The van der Waals surface area contributed by atoms with Crippen molar-refractivity contribution < 1.29 is 9.59 Å². The molecule has 0 bridgehead atoms. The standard InChI is InChI=1S/C22H27N5O2/c1-26-10-12-27(13-11-26)20-9-2-16(14-23-20)15-24-21(28)17-5-7-19(8-6-17)25-22(29)18-3-4-18/h2,5-9,14,18H,3-4,10-13,15H2,1H3,(H,24,28)(H,25,29). The van der Waals surface area contributed by atoms with E-state index >= 15 is 0 Å². The number of benzene rings is 1. The number of pyridine rings is 1. The number of nitrogens with one attached hydrogen (secondary N) is 2. The van der Waals surface area contributed by atoms with Gasteiger partial charge in [0.05, 0.1) is 0 Å². The first-order valence-electron chi connectivity index (χ1n) is 10.2. The number of amides is 2. The van der Waals surface area contributed by atoms with E-state index in [-0.39, 0.29) is 17.7 Å². The highest BCUT2D eigenvalue weighted by Gasteiger charge is 2.29. The number of aromatic nitrogens is 1. The van der Waals surface area contributed by atoms with Crippen LogP contribution in [0.1, 0.15) is 28.8 Å². The molecule has 0 spiro atoms. The number of rotatable bonds is 6. The molecule has 2 amide bonds. The summed E-state index contributed by atoms with van der Waals surface area (Å²) in [6, 6.07) is 11.0. The number of carbonyl (C=O) groups excluding carboxylic acids is 2. The first-order chi connectivity index (χ1) is 14.1. The van der Waals surface area contributed by atoms with Crippen LogP contribution >= 0.6 is 0 Å². The van der Waals surface area contributed by atoms with Crippen molar-refractivity contribution in [2.45, 2.75) is 19.4 Å². The molecule has 2 fully saturated rings. The molecule has 152 valence electrons. The maximum absolute atomic E-state index is 12.4. The zero-order valence-corrected chi connectivity index (χ0v) is 16.7. The van der Waals surface area contributed by atoms with Crippen molar-refractivity contribution >= 4 is 23.3 Å². The van der Waals surface area contributed by atoms with Crippen LogP contribution in [0.4, 0.5) is 11.5 Å². The number of piperazine rings is 1. The average Bonchev–Trinajstić information content (AvgIpc) is 3.59. The van der Waals surface area contributed by atoms with Crippen LogP contribution in [0.5, 0.6) is 0 Å². The molecule has 1 saturated carbocycles. The van der Waals surface area contributed by atoms with Crippen LogP contribution in [0.25, 0.3) is 0 Å². The van der Waals surface area contributed by atoms with Crippen molar-refractivity contribution in [3.63, 3.8) is 0 Å². The van der Waals surface area contributed by atoms with Gasteiger partial charge in [-0.1, -0.05) is 6.07 Å². The van der Waals surface area contributed by atoms with Crippen LogP contribution < -0.4 is 15.5 Å². The van der Waals surface area contributed by atoms with E-state index in [4.69, 9.17) is 0 Å². The Morgan fingerprint density at radius 3 is 2.38 bits per heavy atom. The van der Waals surface area contributed by atoms with Gasteiger partial charge in [-0.15, -0.1) is 0 Å². The summed E-state index contributed by atoms with van der Waals surface area (Å²) in [4.78, 5) is 33.3. The van der Waals surface area contributed by atoms with Crippen LogP contribution in [0.3, 0.4) is 0 Å². The molecule has 0 atom stereocenters. The Hall–Kier alpha value is -2.93. The minimum Gasteiger partial charge on any atom is -0.354 e.